The molecular formula is C48H89NO9P+. The number of hydrogen-bond donors (Lipinski definition) is 1. The van der Waals surface area contributed by atoms with Crippen molar-refractivity contribution in [3.63, 3.8) is 0 Å². The average Bonchev–Trinajstić information content (AvgIpc) is 3.18. The number of allylic oxidation sites excluding steroid dienone is 6. The summed E-state index contributed by atoms with van der Waals surface area (Å²) in [7, 11) is 1.43. The molecule has 344 valence electrons. The average molecular weight is 855 g/mol. The highest BCUT2D eigenvalue weighted by molar-refractivity contribution is 7.47. The fourth-order valence-electron chi connectivity index (χ4n) is 6.34. The van der Waals surface area contributed by atoms with Gasteiger partial charge in [-0.1, -0.05) is 153 Å². The SMILES string of the molecule is CCCCCCCC/C=C\CCCCCCCCCCCC(=O)O[C@H](COC(=O)CCCCCCC/C=C\C=C\C(=O)CCCCC)COP(=O)(O)OCC[N+](C)(C)C. The molecule has 0 spiro atoms. The molecule has 0 heterocycles. The summed E-state index contributed by atoms with van der Waals surface area (Å²) in [4.78, 5) is 47.2. The first kappa shape index (κ1) is 56.9. The summed E-state index contributed by atoms with van der Waals surface area (Å²) in [5.74, 6) is -0.679. The summed E-state index contributed by atoms with van der Waals surface area (Å²) in [6, 6.07) is 0. The Labute approximate surface area is 361 Å². The van der Waals surface area contributed by atoms with E-state index in [0.29, 0.717) is 30.3 Å². The minimum absolute atomic E-state index is 0.0170. The van der Waals surface area contributed by atoms with E-state index in [1.165, 1.54) is 83.5 Å². The molecule has 0 aliphatic rings. The van der Waals surface area contributed by atoms with Crippen molar-refractivity contribution < 1.29 is 46.8 Å². The van der Waals surface area contributed by atoms with Crippen molar-refractivity contribution >= 4 is 25.5 Å². The molecule has 2 atom stereocenters. The Bertz CT molecular complexity index is 1160. The molecule has 0 radical (unpaired) electrons. The molecule has 0 fully saturated rings. The van der Waals surface area contributed by atoms with Gasteiger partial charge in [-0.2, -0.15) is 0 Å². The van der Waals surface area contributed by atoms with Crippen LogP contribution in [0.4, 0.5) is 0 Å². The van der Waals surface area contributed by atoms with Gasteiger partial charge < -0.3 is 18.9 Å². The predicted molar refractivity (Wildman–Crippen MR) is 243 cm³/mol. The van der Waals surface area contributed by atoms with Gasteiger partial charge in [-0.05, 0) is 63.9 Å². The Kier molecular flexibility index (Phi) is 38.6. The Morgan fingerprint density at radius 2 is 1.02 bits per heavy atom. The normalized spacial score (nSPS) is 13.7. The number of ether oxygens (including phenoxy) is 2. The number of esters is 2. The zero-order valence-electron chi connectivity index (χ0n) is 38.5. The Balaban J connectivity index is 4.36. The van der Waals surface area contributed by atoms with Crippen LogP contribution in [0, 0.1) is 0 Å². The Morgan fingerprint density at radius 3 is 1.56 bits per heavy atom. The summed E-state index contributed by atoms with van der Waals surface area (Å²) in [5, 5.41) is 0. The van der Waals surface area contributed by atoms with E-state index in [2.05, 4.69) is 32.1 Å². The highest BCUT2D eigenvalue weighted by Gasteiger charge is 2.27. The molecule has 11 heteroatoms. The first-order chi connectivity index (χ1) is 28.4. The van der Waals surface area contributed by atoms with Crippen molar-refractivity contribution in [1.29, 1.82) is 0 Å². The van der Waals surface area contributed by atoms with Crippen LogP contribution in [-0.2, 0) is 37.5 Å². The largest absolute Gasteiger partial charge is 0.472 e. The molecule has 59 heavy (non-hydrogen) atoms. The first-order valence-electron chi connectivity index (χ1n) is 23.7. The summed E-state index contributed by atoms with van der Waals surface area (Å²) in [6.45, 7) is 4.22. The molecule has 1 unspecified atom stereocenters. The van der Waals surface area contributed by atoms with Gasteiger partial charge in [0.15, 0.2) is 11.9 Å². The van der Waals surface area contributed by atoms with Gasteiger partial charge in [0.05, 0.1) is 27.7 Å². The molecule has 0 aromatic rings. The minimum Gasteiger partial charge on any atom is -0.462 e. The molecule has 0 bridgehead atoms. The molecular weight excluding hydrogens is 766 g/mol. The van der Waals surface area contributed by atoms with Crippen LogP contribution in [0.3, 0.4) is 0 Å². The number of nitrogens with zero attached hydrogens (tertiary/aromatic N) is 1. The fourth-order valence-corrected chi connectivity index (χ4v) is 7.08. The maximum atomic E-state index is 12.7. The molecule has 1 N–H and O–H groups in total. The van der Waals surface area contributed by atoms with Crippen LogP contribution in [0.2, 0.25) is 0 Å². The van der Waals surface area contributed by atoms with Crippen molar-refractivity contribution in [2.75, 3.05) is 47.5 Å². The van der Waals surface area contributed by atoms with Gasteiger partial charge in [0.2, 0.25) is 0 Å². The smallest absolute Gasteiger partial charge is 0.462 e. The van der Waals surface area contributed by atoms with Crippen LogP contribution >= 0.6 is 7.82 Å². The van der Waals surface area contributed by atoms with Gasteiger partial charge in [0.25, 0.3) is 0 Å². The molecule has 0 aliphatic heterocycles. The van der Waals surface area contributed by atoms with E-state index in [1.54, 1.807) is 6.08 Å². The van der Waals surface area contributed by atoms with Gasteiger partial charge in [0, 0.05) is 19.3 Å². The second kappa shape index (κ2) is 40.0. The van der Waals surface area contributed by atoms with Crippen molar-refractivity contribution in [3.8, 4) is 0 Å². The third-order valence-corrected chi connectivity index (χ3v) is 11.1. The zero-order valence-corrected chi connectivity index (χ0v) is 39.4. The van der Waals surface area contributed by atoms with Crippen molar-refractivity contribution in [1.82, 2.24) is 0 Å². The monoisotopic (exact) mass is 855 g/mol. The van der Waals surface area contributed by atoms with Gasteiger partial charge >= 0.3 is 19.8 Å². The second-order valence-electron chi connectivity index (χ2n) is 17.2. The van der Waals surface area contributed by atoms with Crippen molar-refractivity contribution in [2.24, 2.45) is 0 Å². The number of unbranched alkanes of at least 4 members (excludes halogenated alkanes) is 22. The summed E-state index contributed by atoms with van der Waals surface area (Å²) < 4.78 is 34.3. The van der Waals surface area contributed by atoms with Crippen LogP contribution < -0.4 is 0 Å². The number of ketones is 1. The highest BCUT2D eigenvalue weighted by atomic mass is 31.2. The van der Waals surface area contributed by atoms with Crippen molar-refractivity contribution in [2.45, 2.75) is 206 Å². The second-order valence-corrected chi connectivity index (χ2v) is 18.6. The minimum atomic E-state index is -4.40. The number of carbonyl (C=O) groups excluding carboxylic acids is 3. The Morgan fingerprint density at radius 1 is 0.559 bits per heavy atom. The van der Waals surface area contributed by atoms with Gasteiger partial charge in [-0.3, -0.25) is 23.4 Å². The van der Waals surface area contributed by atoms with Crippen LogP contribution in [0.1, 0.15) is 200 Å². The summed E-state index contributed by atoms with van der Waals surface area (Å²) in [6.07, 6.45) is 41.7. The number of rotatable bonds is 43. The predicted octanol–water partition coefficient (Wildman–Crippen LogP) is 12.9. The highest BCUT2D eigenvalue weighted by Crippen LogP contribution is 2.43. The van der Waals surface area contributed by atoms with Gasteiger partial charge in [-0.25, -0.2) is 4.57 Å². The number of hydrogen-bond acceptors (Lipinski definition) is 8. The molecule has 0 saturated heterocycles. The number of phosphoric acid groups is 1. The van der Waals surface area contributed by atoms with E-state index in [9.17, 15) is 23.8 Å². The topological polar surface area (TPSA) is 125 Å². The van der Waals surface area contributed by atoms with Crippen LogP contribution in [0.25, 0.3) is 0 Å². The maximum absolute atomic E-state index is 12.7. The van der Waals surface area contributed by atoms with E-state index in [-0.39, 0.29) is 31.8 Å². The van der Waals surface area contributed by atoms with E-state index in [1.807, 2.05) is 33.3 Å². The molecule has 0 rings (SSSR count). The molecule has 0 saturated carbocycles. The summed E-state index contributed by atoms with van der Waals surface area (Å²) >= 11 is 0. The lowest BCUT2D eigenvalue weighted by atomic mass is 10.1. The lowest BCUT2D eigenvalue weighted by Gasteiger charge is -2.24. The van der Waals surface area contributed by atoms with Crippen LogP contribution in [-0.4, -0.2) is 80.7 Å². The third-order valence-electron chi connectivity index (χ3n) is 10.1. The van der Waals surface area contributed by atoms with Crippen molar-refractivity contribution in [3.05, 3.63) is 36.5 Å². The lowest BCUT2D eigenvalue weighted by molar-refractivity contribution is -0.870. The number of carbonyl (C=O) groups is 3. The van der Waals surface area contributed by atoms with E-state index in [0.717, 1.165) is 70.6 Å². The van der Waals surface area contributed by atoms with E-state index in [4.69, 9.17) is 18.5 Å². The summed E-state index contributed by atoms with van der Waals surface area (Å²) in [5.41, 5.74) is 0. The quantitative estimate of drug-likeness (QED) is 0.0121. The van der Waals surface area contributed by atoms with Gasteiger partial charge in [-0.15, -0.1) is 0 Å². The molecule has 0 amide bonds. The van der Waals surface area contributed by atoms with Crippen LogP contribution in [0.5, 0.6) is 0 Å². The number of phosphoric ester groups is 1. The third kappa shape index (κ3) is 43.8. The molecule has 10 nitrogen and oxygen atoms in total. The maximum Gasteiger partial charge on any atom is 0.472 e. The van der Waals surface area contributed by atoms with E-state index >= 15 is 0 Å². The molecule has 0 aromatic carbocycles. The fraction of sp³-hybridized carbons (Fsp3) is 0.812. The Hall–Kier alpha value is -2.10. The number of quaternary nitrogens is 1. The van der Waals surface area contributed by atoms with Crippen LogP contribution in [0.15, 0.2) is 36.5 Å². The lowest BCUT2D eigenvalue weighted by Crippen LogP contribution is -2.37. The zero-order chi connectivity index (χ0) is 43.7. The number of likely N-dealkylation sites (N-methyl/N-ethyl adjacent to an activating group) is 1. The van der Waals surface area contributed by atoms with Gasteiger partial charge in [0.1, 0.15) is 19.8 Å². The standard InChI is InChI=1S/C48H88NO9P/c1-6-8-10-11-12-13-14-15-16-17-18-19-20-21-22-25-29-32-36-40-48(52)58-46(44-57-59(53,54)56-42-41-49(3,4)5)43-55-47(51)39-35-31-28-26-23-24-27-30-34-38-45(50)37-33-9-7-2/h15-16,27,30,34,38,46H,6-14,17-26,28-29,31-33,35-37,39-44H2,1-5H3/p+1/b16-15-,30-27-,38-34+/t46-/m1/s1. The van der Waals surface area contributed by atoms with E-state index < -0.39 is 32.5 Å². The first-order valence-corrected chi connectivity index (χ1v) is 25.2. The molecule has 0 aliphatic carbocycles. The molecule has 0 aromatic heterocycles.